The third kappa shape index (κ3) is 4.11. The van der Waals surface area contributed by atoms with Gasteiger partial charge in [0, 0.05) is 25.7 Å². The highest BCUT2D eigenvalue weighted by molar-refractivity contribution is 5.85. The van der Waals surface area contributed by atoms with Crippen molar-refractivity contribution in [2.45, 2.75) is 32.7 Å². The summed E-state index contributed by atoms with van der Waals surface area (Å²) < 4.78 is 0. The molecule has 1 unspecified atom stereocenters. The van der Waals surface area contributed by atoms with E-state index in [1.54, 1.807) is 0 Å². The Morgan fingerprint density at radius 2 is 2.00 bits per heavy atom. The Morgan fingerprint density at radius 3 is 2.50 bits per heavy atom. The van der Waals surface area contributed by atoms with Crippen LogP contribution >= 0.6 is 12.4 Å². The molecule has 2 heterocycles. The van der Waals surface area contributed by atoms with Crippen molar-refractivity contribution in [2.75, 3.05) is 32.7 Å². The lowest BCUT2D eigenvalue weighted by Gasteiger charge is -2.35. The molecule has 0 aromatic carbocycles. The van der Waals surface area contributed by atoms with Gasteiger partial charge in [0.05, 0.1) is 5.92 Å². The average Bonchev–Trinajstić information content (AvgIpc) is 2.24. The van der Waals surface area contributed by atoms with Crippen LogP contribution in [0.2, 0.25) is 0 Å². The van der Waals surface area contributed by atoms with E-state index in [2.05, 4.69) is 29.4 Å². The third-order valence-corrected chi connectivity index (χ3v) is 4.17. The normalized spacial score (nSPS) is 23.9. The minimum absolute atomic E-state index is 0. The molecule has 0 aromatic heterocycles. The standard InChI is InChI=1S/C13H25N3O.ClH/c1-10-3-5-16(6-4-10)11(2)7-15-13(17)12-8-14-9-12;/h10-12,14H,3-9H2,1-2H3,(H,15,17);1H. The molecule has 0 saturated carbocycles. The van der Waals surface area contributed by atoms with Gasteiger partial charge in [-0.15, -0.1) is 12.4 Å². The maximum atomic E-state index is 11.7. The molecule has 2 aliphatic heterocycles. The molecule has 1 atom stereocenters. The summed E-state index contributed by atoms with van der Waals surface area (Å²) in [5, 5.41) is 6.20. The molecule has 18 heavy (non-hydrogen) atoms. The van der Waals surface area contributed by atoms with Gasteiger partial charge in [0.1, 0.15) is 0 Å². The minimum atomic E-state index is 0. The van der Waals surface area contributed by atoms with Crippen molar-refractivity contribution >= 4 is 18.3 Å². The monoisotopic (exact) mass is 275 g/mol. The highest BCUT2D eigenvalue weighted by Crippen LogP contribution is 2.17. The predicted molar refractivity (Wildman–Crippen MR) is 76.1 cm³/mol. The van der Waals surface area contributed by atoms with Gasteiger partial charge in [0.25, 0.3) is 0 Å². The number of amides is 1. The summed E-state index contributed by atoms with van der Waals surface area (Å²) >= 11 is 0. The molecule has 2 N–H and O–H groups in total. The molecule has 0 aliphatic carbocycles. The van der Waals surface area contributed by atoms with E-state index in [-0.39, 0.29) is 24.2 Å². The molecule has 0 radical (unpaired) electrons. The molecule has 2 fully saturated rings. The predicted octanol–water partition coefficient (Wildman–Crippen LogP) is 0.864. The Hall–Kier alpha value is -0.320. The van der Waals surface area contributed by atoms with Gasteiger partial charge < -0.3 is 10.6 Å². The van der Waals surface area contributed by atoms with Crippen LogP contribution < -0.4 is 10.6 Å². The second kappa shape index (κ2) is 7.31. The SMILES string of the molecule is CC1CCN(C(C)CNC(=O)C2CNC2)CC1.Cl. The highest BCUT2D eigenvalue weighted by Gasteiger charge is 2.26. The number of nitrogens with one attached hydrogen (secondary N) is 2. The fraction of sp³-hybridized carbons (Fsp3) is 0.923. The van der Waals surface area contributed by atoms with Crippen LogP contribution in [0.15, 0.2) is 0 Å². The number of hydrogen-bond acceptors (Lipinski definition) is 3. The van der Waals surface area contributed by atoms with Gasteiger partial charge in [-0.25, -0.2) is 0 Å². The molecular formula is C13H26ClN3O. The van der Waals surface area contributed by atoms with Crippen molar-refractivity contribution in [2.24, 2.45) is 11.8 Å². The van der Waals surface area contributed by atoms with Crippen LogP contribution in [0, 0.1) is 11.8 Å². The molecule has 1 amide bonds. The van der Waals surface area contributed by atoms with Gasteiger partial charge in [-0.05, 0) is 38.8 Å². The fourth-order valence-corrected chi connectivity index (χ4v) is 2.47. The molecule has 2 saturated heterocycles. The Balaban J connectivity index is 0.00000162. The number of likely N-dealkylation sites (tertiary alicyclic amines) is 1. The van der Waals surface area contributed by atoms with E-state index in [1.165, 1.54) is 25.9 Å². The zero-order valence-electron chi connectivity index (χ0n) is 11.4. The van der Waals surface area contributed by atoms with Crippen molar-refractivity contribution in [1.82, 2.24) is 15.5 Å². The van der Waals surface area contributed by atoms with Crippen molar-refractivity contribution < 1.29 is 4.79 Å². The topological polar surface area (TPSA) is 44.4 Å². The molecule has 106 valence electrons. The summed E-state index contributed by atoms with van der Waals surface area (Å²) in [5.41, 5.74) is 0. The summed E-state index contributed by atoms with van der Waals surface area (Å²) in [7, 11) is 0. The molecule has 0 bridgehead atoms. The number of carbonyl (C=O) groups is 1. The molecule has 2 rings (SSSR count). The van der Waals surface area contributed by atoms with Crippen LogP contribution in [-0.2, 0) is 4.79 Å². The first kappa shape index (κ1) is 15.7. The van der Waals surface area contributed by atoms with E-state index < -0.39 is 0 Å². The lowest BCUT2D eigenvalue weighted by Crippen LogP contribution is -2.53. The number of carbonyl (C=O) groups excluding carboxylic acids is 1. The Labute approximate surface area is 116 Å². The molecule has 5 heteroatoms. The van der Waals surface area contributed by atoms with E-state index in [9.17, 15) is 4.79 Å². The molecule has 4 nitrogen and oxygen atoms in total. The number of halogens is 1. The van der Waals surface area contributed by atoms with Crippen LogP contribution in [0.3, 0.4) is 0 Å². The van der Waals surface area contributed by atoms with Gasteiger partial charge in [-0.1, -0.05) is 6.92 Å². The average molecular weight is 276 g/mol. The molecular weight excluding hydrogens is 250 g/mol. The van der Waals surface area contributed by atoms with Gasteiger partial charge in [0.2, 0.25) is 5.91 Å². The van der Waals surface area contributed by atoms with Gasteiger partial charge in [0.15, 0.2) is 0 Å². The largest absolute Gasteiger partial charge is 0.354 e. The Kier molecular flexibility index (Phi) is 6.39. The quantitative estimate of drug-likeness (QED) is 0.800. The maximum Gasteiger partial charge on any atom is 0.225 e. The smallest absolute Gasteiger partial charge is 0.225 e. The van der Waals surface area contributed by atoms with E-state index in [4.69, 9.17) is 0 Å². The first-order valence-electron chi connectivity index (χ1n) is 6.89. The van der Waals surface area contributed by atoms with Crippen LogP contribution in [0.1, 0.15) is 26.7 Å². The highest BCUT2D eigenvalue weighted by atomic mass is 35.5. The second-order valence-electron chi connectivity index (χ2n) is 5.67. The summed E-state index contributed by atoms with van der Waals surface area (Å²) in [6, 6.07) is 0.472. The van der Waals surface area contributed by atoms with E-state index >= 15 is 0 Å². The zero-order chi connectivity index (χ0) is 12.3. The molecule has 0 spiro atoms. The summed E-state index contributed by atoms with van der Waals surface area (Å²) in [6.45, 7) is 9.40. The van der Waals surface area contributed by atoms with Crippen molar-refractivity contribution in [3.05, 3.63) is 0 Å². The fourth-order valence-electron chi connectivity index (χ4n) is 2.47. The van der Waals surface area contributed by atoms with Gasteiger partial charge >= 0.3 is 0 Å². The number of hydrogen-bond donors (Lipinski definition) is 2. The maximum absolute atomic E-state index is 11.7. The van der Waals surface area contributed by atoms with Crippen LogP contribution in [-0.4, -0.2) is 49.6 Å². The first-order chi connectivity index (χ1) is 8.16. The van der Waals surface area contributed by atoms with E-state index in [1.807, 2.05) is 0 Å². The van der Waals surface area contributed by atoms with Crippen LogP contribution in [0.25, 0.3) is 0 Å². The number of rotatable bonds is 4. The first-order valence-corrected chi connectivity index (χ1v) is 6.89. The molecule has 0 aromatic rings. The van der Waals surface area contributed by atoms with Gasteiger partial charge in [-0.2, -0.15) is 0 Å². The van der Waals surface area contributed by atoms with Crippen molar-refractivity contribution in [3.63, 3.8) is 0 Å². The lowest BCUT2D eigenvalue weighted by atomic mass is 9.98. The van der Waals surface area contributed by atoms with Gasteiger partial charge in [-0.3, -0.25) is 9.69 Å². The number of piperidine rings is 1. The lowest BCUT2D eigenvalue weighted by molar-refractivity contribution is -0.126. The van der Waals surface area contributed by atoms with Crippen LogP contribution in [0.4, 0.5) is 0 Å². The third-order valence-electron chi connectivity index (χ3n) is 4.17. The van der Waals surface area contributed by atoms with Crippen molar-refractivity contribution in [1.29, 1.82) is 0 Å². The zero-order valence-corrected chi connectivity index (χ0v) is 12.3. The van der Waals surface area contributed by atoms with Crippen molar-refractivity contribution in [3.8, 4) is 0 Å². The summed E-state index contributed by atoms with van der Waals surface area (Å²) in [4.78, 5) is 14.2. The summed E-state index contributed by atoms with van der Waals surface area (Å²) in [5.74, 6) is 1.30. The Morgan fingerprint density at radius 1 is 1.39 bits per heavy atom. The van der Waals surface area contributed by atoms with E-state index in [0.717, 1.165) is 25.6 Å². The summed E-state index contributed by atoms with van der Waals surface area (Å²) in [6.07, 6.45) is 2.59. The second-order valence-corrected chi connectivity index (χ2v) is 5.67. The number of nitrogens with zero attached hydrogens (tertiary/aromatic N) is 1. The molecule has 2 aliphatic rings. The Bertz CT molecular complexity index is 263. The minimum Gasteiger partial charge on any atom is -0.354 e. The van der Waals surface area contributed by atoms with Crippen LogP contribution in [0.5, 0.6) is 0 Å². The van der Waals surface area contributed by atoms with E-state index in [0.29, 0.717) is 6.04 Å².